The molecule has 0 aliphatic rings. The van der Waals surface area contributed by atoms with Gasteiger partial charge in [0.05, 0.1) is 17.9 Å². The average molecular weight is 275 g/mol. The molecular weight excluding hydrogens is 258 g/mol. The minimum absolute atomic E-state index is 0.214. The van der Waals surface area contributed by atoms with Crippen molar-refractivity contribution in [1.29, 1.82) is 0 Å². The van der Waals surface area contributed by atoms with Crippen LogP contribution in [0.5, 0.6) is 0 Å². The van der Waals surface area contributed by atoms with Crippen LogP contribution < -0.4 is 16.0 Å². The molecule has 0 spiro atoms. The summed E-state index contributed by atoms with van der Waals surface area (Å²) < 4.78 is 4.83. The van der Waals surface area contributed by atoms with E-state index in [0.717, 1.165) is 5.69 Å². The van der Waals surface area contributed by atoms with E-state index in [1.807, 2.05) is 25.1 Å². The number of nitrogen functional groups attached to an aromatic ring is 1. The molecule has 3 N–H and O–H groups in total. The van der Waals surface area contributed by atoms with Crippen LogP contribution in [-0.4, -0.2) is 30.1 Å². The van der Waals surface area contributed by atoms with E-state index in [2.05, 4.69) is 15.5 Å². The summed E-state index contributed by atoms with van der Waals surface area (Å²) in [5.74, 6) is 0.673. The fourth-order valence-corrected chi connectivity index (χ4v) is 1.78. The van der Waals surface area contributed by atoms with Crippen LogP contribution in [0.2, 0.25) is 0 Å². The lowest BCUT2D eigenvalue weighted by Crippen LogP contribution is -2.23. The molecule has 0 aliphatic heterocycles. The van der Waals surface area contributed by atoms with Gasteiger partial charge in [0, 0.05) is 26.6 Å². The van der Waals surface area contributed by atoms with E-state index in [9.17, 15) is 4.79 Å². The highest BCUT2D eigenvalue weighted by molar-refractivity contribution is 5.96. The molecule has 0 aliphatic carbocycles. The van der Waals surface area contributed by atoms with Gasteiger partial charge in [-0.15, -0.1) is 0 Å². The van der Waals surface area contributed by atoms with E-state index in [-0.39, 0.29) is 12.5 Å². The number of hydrogen-bond acceptors (Lipinski definition) is 6. The largest absolute Gasteiger partial charge is 0.397 e. The summed E-state index contributed by atoms with van der Waals surface area (Å²) in [6.07, 6.45) is 0. The molecule has 0 unspecified atom stereocenters. The number of nitrogens with zero attached hydrogens (tertiary/aromatic N) is 3. The number of benzene rings is 1. The lowest BCUT2D eigenvalue weighted by molar-refractivity contribution is 0.0949. The van der Waals surface area contributed by atoms with Gasteiger partial charge in [-0.3, -0.25) is 4.79 Å². The number of aromatic nitrogens is 2. The van der Waals surface area contributed by atoms with Crippen molar-refractivity contribution in [3.8, 4) is 0 Å². The SMILES string of the molecule is Cc1nc(CNC(=O)c2ccc(N(C)C)c(N)c2)no1. The first kappa shape index (κ1) is 13.9. The Morgan fingerprint density at radius 1 is 1.45 bits per heavy atom. The molecule has 7 nitrogen and oxygen atoms in total. The number of anilines is 2. The van der Waals surface area contributed by atoms with Gasteiger partial charge in [-0.25, -0.2) is 0 Å². The van der Waals surface area contributed by atoms with Crippen molar-refractivity contribution in [3.05, 3.63) is 35.5 Å². The van der Waals surface area contributed by atoms with Gasteiger partial charge in [-0.1, -0.05) is 5.16 Å². The monoisotopic (exact) mass is 275 g/mol. The molecule has 1 heterocycles. The van der Waals surface area contributed by atoms with Gasteiger partial charge in [0.2, 0.25) is 5.89 Å². The Kier molecular flexibility index (Phi) is 3.88. The molecule has 0 saturated heterocycles. The first-order chi connectivity index (χ1) is 9.47. The standard InChI is InChI=1S/C13H17N5O2/c1-8-16-12(17-20-8)7-15-13(19)9-4-5-11(18(2)3)10(14)6-9/h4-6H,7,14H2,1-3H3,(H,15,19). The van der Waals surface area contributed by atoms with Crippen LogP contribution >= 0.6 is 0 Å². The highest BCUT2D eigenvalue weighted by Gasteiger charge is 2.10. The Bertz CT molecular complexity index is 621. The Hall–Kier alpha value is -2.57. The molecule has 0 saturated carbocycles. The molecule has 20 heavy (non-hydrogen) atoms. The first-order valence-electron chi connectivity index (χ1n) is 6.11. The smallest absolute Gasteiger partial charge is 0.251 e. The second kappa shape index (κ2) is 5.60. The van der Waals surface area contributed by atoms with Crippen LogP contribution in [0.3, 0.4) is 0 Å². The molecule has 2 aromatic rings. The number of aryl methyl sites for hydroxylation is 1. The van der Waals surface area contributed by atoms with Crippen LogP contribution in [-0.2, 0) is 6.54 Å². The summed E-state index contributed by atoms with van der Waals surface area (Å²) in [5, 5.41) is 6.42. The van der Waals surface area contributed by atoms with E-state index < -0.39 is 0 Å². The number of hydrogen-bond donors (Lipinski definition) is 2. The zero-order valence-corrected chi connectivity index (χ0v) is 11.7. The predicted octanol–water partition coefficient (Wildman–Crippen LogP) is 0.956. The normalized spacial score (nSPS) is 10.3. The number of rotatable bonds is 4. The van der Waals surface area contributed by atoms with E-state index in [1.165, 1.54) is 0 Å². The second-order valence-corrected chi connectivity index (χ2v) is 4.58. The number of carbonyl (C=O) groups is 1. The highest BCUT2D eigenvalue weighted by Crippen LogP contribution is 2.22. The third-order valence-corrected chi connectivity index (χ3v) is 2.75. The van der Waals surface area contributed by atoms with Crippen molar-refractivity contribution in [2.24, 2.45) is 0 Å². The number of carbonyl (C=O) groups excluding carboxylic acids is 1. The number of nitrogens with two attached hydrogens (primary N) is 1. The van der Waals surface area contributed by atoms with Crippen molar-refractivity contribution < 1.29 is 9.32 Å². The Morgan fingerprint density at radius 3 is 2.75 bits per heavy atom. The summed E-state index contributed by atoms with van der Waals surface area (Å²) in [6.45, 7) is 1.91. The molecule has 0 radical (unpaired) electrons. The minimum atomic E-state index is -0.232. The molecule has 0 atom stereocenters. The van der Waals surface area contributed by atoms with Crippen molar-refractivity contribution in [3.63, 3.8) is 0 Å². The van der Waals surface area contributed by atoms with Gasteiger partial charge in [0.15, 0.2) is 5.82 Å². The maximum atomic E-state index is 12.0. The van der Waals surface area contributed by atoms with Crippen molar-refractivity contribution in [2.45, 2.75) is 13.5 Å². The molecule has 1 amide bonds. The zero-order valence-electron chi connectivity index (χ0n) is 11.7. The van der Waals surface area contributed by atoms with Crippen molar-refractivity contribution >= 4 is 17.3 Å². The molecule has 2 rings (SSSR count). The lowest BCUT2D eigenvalue weighted by Gasteiger charge is -2.15. The summed E-state index contributed by atoms with van der Waals surface area (Å²) in [4.78, 5) is 17.9. The Labute approximate surface area is 116 Å². The summed E-state index contributed by atoms with van der Waals surface area (Å²) in [7, 11) is 3.79. The fraction of sp³-hybridized carbons (Fsp3) is 0.308. The fourth-order valence-electron chi connectivity index (χ4n) is 1.78. The molecule has 106 valence electrons. The van der Waals surface area contributed by atoms with Crippen LogP contribution in [0.15, 0.2) is 22.7 Å². The third-order valence-electron chi connectivity index (χ3n) is 2.75. The van der Waals surface area contributed by atoms with Crippen molar-refractivity contribution in [1.82, 2.24) is 15.5 Å². The van der Waals surface area contributed by atoms with Gasteiger partial charge >= 0.3 is 0 Å². The van der Waals surface area contributed by atoms with Gasteiger partial charge in [0.1, 0.15) is 0 Å². The summed E-state index contributed by atoms with van der Waals surface area (Å²) in [6, 6.07) is 5.18. The Morgan fingerprint density at radius 2 is 2.20 bits per heavy atom. The highest BCUT2D eigenvalue weighted by atomic mass is 16.5. The van der Waals surface area contributed by atoms with Crippen molar-refractivity contribution in [2.75, 3.05) is 24.7 Å². The van der Waals surface area contributed by atoms with Crippen LogP contribution in [0, 0.1) is 6.92 Å². The maximum absolute atomic E-state index is 12.0. The molecule has 0 bridgehead atoms. The van der Waals surface area contributed by atoms with Gasteiger partial charge in [-0.2, -0.15) is 4.98 Å². The molecule has 1 aromatic carbocycles. The maximum Gasteiger partial charge on any atom is 0.251 e. The predicted molar refractivity (Wildman–Crippen MR) is 75.4 cm³/mol. The first-order valence-corrected chi connectivity index (χ1v) is 6.11. The van der Waals surface area contributed by atoms with E-state index in [0.29, 0.717) is 23.0 Å². The van der Waals surface area contributed by atoms with Crippen LogP contribution in [0.4, 0.5) is 11.4 Å². The van der Waals surface area contributed by atoms with Gasteiger partial charge in [-0.05, 0) is 18.2 Å². The molecule has 7 heteroatoms. The minimum Gasteiger partial charge on any atom is -0.397 e. The lowest BCUT2D eigenvalue weighted by atomic mass is 10.1. The van der Waals surface area contributed by atoms with Gasteiger partial charge in [0.25, 0.3) is 5.91 Å². The topological polar surface area (TPSA) is 97.3 Å². The average Bonchev–Trinajstić information content (AvgIpc) is 2.81. The molecule has 0 fully saturated rings. The van der Waals surface area contributed by atoms with E-state index in [1.54, 1.807) is 19.1 Å². The number of amides is 1. The zero-order chi connectivity index (χ0) is 14.7. The second-order valence-electron chi connectivity index (χ2n) is 4.58. The summed E-state index contributed by atoms with van der Waals surface area (Å²) >= 11 is 0. The van der Waals surface area contributed by atoms with Gasteiger partial charge < -0.3 is 20.5 Å². The third kappa shape index (κ3) is 3.05. The van der Waals surface area contributed by atoms with E-state index in [4.69, 9.17) is 10.3 Å². The Balaban J connectivity index is 2.04. The van der Waals surface area contributed by atoms with Crippen LogP contribution in [0.25, 0.3) is 0 Å². The molecule has 1 aromatic heterocycles. The summed E-state index contributed by atoms with van der Waals surface area (Å²) in [5.41, 5.74) is 7.83. The number of nitrogens with one attached hydrogen (secondary N) is 1. The molecular formula is C13H17N5O2. The van der Waals surface area contributed by atoms with Crippen LogP contribution in [0.1, 0.15) is 22.1 Å². The quantitative estimate of drug-likeness (QED) is 0.806. The van der Waals surface area contributed by atoms with E-state index >= 15 is 0 Å².